The number of rotatable bonds is 0. The van der Waals surface area contributed by atoms with Crippen molar-refractivity contribution in [3.63, 3.8) is 0 Å². The summed E-state index contributed by atoms with van der Waals surface area (Å²) in [7, 11) is 0. The van der Waals surface area contributed by atoms with Gasteiger partial charge < -0.3 is 10.3 Å². The Morgan fingerprint density at radius 2 is 2.18 bits per heavy atom. The van der Waals surface area contributed by atoms with E-state index in [9.17, 15) is 5.21 Å². The number of fused-ring (bicyclic) bond motifs is 1. The molecule has 1 aliphatic heterocycles. The third-order valence-electron chi connectivity index (χ3n) is 1.83. The molecule has 0 radical (unpaired) electrons. The lowest BCUT2D eigenvalue weighted by atomic mass is 10.3. The van der Waals surface area contributed by atoms with Crippen LogP contribution in [0.1, 0.15) is 6.92 Å². The fourth-order valence-corrected chi connectivity index (χ4v) is 2.30. The summed E-state index contributed by atoms with van der Waals surface area (Å²) in [6.07, 6.45) is 0. The third-order valence-corrected chi connectivity index (χ3v) is 3.00. The molecule has 0 aliphatic carbocycles. The van der Waals surface area contributed by atoms with Gasteiger partial charge in [0, 0.05) is 6.07 Å². The molecule has 0 spiro atoms. The summed E-state index contributed by atoms with van der Waals surface area (Å²) in [5, 5.41) is 11.8. The summed E-state index contributed by atoms with van der Waals surface area (Å²) >= 11 is 1.65. The van der Waals surface area contributed by atoms with Crippen molar-refractivity contribution >= 4 is 17.4 Å². The first-order valence-corrected chi connectivity index (χ1v) is 4.47. The van der Waals surface area contributed by atoms with Gasteiger partial charge in [0.15, 0.2) is 0 Å². The average Bonchev–Trinajstić information content (AvgIpc) is 2.30. The predicted molar refractivity (Wildman–Crippen MR) is 45.8 cm³/mol. The van der Waals surface area contributed by atoms with E-state index in [-0.39, 0.29) is 10.4 Å². The number of quaternary nitrogens is 1. The minimum absolute atomic E-state index is 0.118. The fraction of sp³-hybridized carbons (Fsp3) is 0.250. The van der Waals surface area contributed by atoms with Gasteiger partial charge in [0.05, 0.1) is 4.90 Å². The van der Waals surface area contributed by atoms with Crippen molar-refractivity contribution in [1.82, 2.24) is 0 Å². The van der Waals surface area contributed by atoms with Gasteiger partial charge >= 0.3 is 0 Å². The summed E-state index contributed by atoms with van der Waals surface area (Å²) in [6.45, 7) is 1.95. The zero-order chi connectivity index (χ0) is 7.84. The number of hydroxylamine groups is 1. The highest BCUT2D eigenvalue weighted by Crippen LogP contribution is 2.31. The van der Waals surface area contributed by atoms with Gasteiger partial charge in [-0.15, -0.1) is 0 Å². The summed E-state index contributed by atoms with van der Waals surface area (Å²) in [5.41, 5.74) is 0.894. The molecule has 0 bridgehead atoms. The molecule has 1 aromatic carbocycles. The van der Waals surface area contributed by atoms with Crippen molar-refractivity contribution in [2.75, 3.05) is 0 Å². The molecule has 0 aromatic heterocycles. The van der Waals surface area contributed by atoms with Crippen molar-refractivity contribution in [3.8, 4) is 0 Å². The van der Waals surface area contributed by atoms with Crippen molar-refractivity contribution in [3.05, 3.63) is 29.5 Å². The van der Waals surface area contributed by atoms with Crippen LogP contribution in [0.5, 0.6) is 0 Å². The zero-order valence-corrected chi connectivity index (χ0v) is 7.02. The van der Waals surface area contributed by atoms with Gasteiger partial charge in [-0.2, -0.15) is 0 Å². The predicted octanol–water partition coefficient (Wildman–Crippen LogP) is 1.15. The highest BCUT2D eigenvalue weighted by atomic mass is 32.2. The summed E-state index contributed by atoms with van der Waals surface area (Å²) in [4.78, 5) is 1.13. The molecule has 1 heterocycles. The second-order valence-electron chi connectivity index (χ2n) is 2.62. The molecule has 0 amide bonds. The van der Waals surface area contributed by atoms with Crippen LogP contribution in [0.25, 0.3) is 0 Å². The molecule has 3 heteroatoms. The molecule has 1 aromatic rings. The number of thioether (sulfide) groups is 1. The van der Waals surface area contributed by atoms with Gasteiger partial charge in [0.25, 0.3) is 0 Å². The SMILES string of the molecule is CC1Sc2ccccc2[NH+]1[O-]. The number of hydrogen-bond donors (Lipinski definition) is 1. The topological polar surface area (TPSA) is 27.5 Å². The number of nitrogens with one attached hydrogen (secondary N) is 1. The second kappa shape index (κ2) is 2.52. The summed E-state index contributed by atoms with van der Waals surface area (Å²) < 4.78 is 0. The van der Waals surface area contributed by atoms with E-state index in [2.05, 4.69) is 0 Å². The lowest BCUT2D eigenvalue weighted by Gasteiger charge is -2.19. The first-order valence-electron chi connectivity index (χ1n) is 3.59. The Labute approximate surface area is 69.8 Å². The van der Waals surface area contributed by atoms with E-state index in [4.69, 9.17) is 0 Å². The standard InChI is InChI=1S/C8H9NOS/c1-6-9(10)7-4-2-3-5-8(7)11-6/h2-6,9H,1H3. The van der Waals surface area contributed by atoms with E-state index in [1.54, 1.807) is 11.8 Å². The van der Waals surface area contributed by atoms with Gasteiger partial charge in [0.2, 0.25) is 0 Å². The summed E-state index contributed by atoms with van der Waals surface area (Å²) in [6, 6.07) is 7.78. The largest absolute Gasteiger partial charge is 0.628 e. The second-order valence-corrected chi connectivity index (χ2v) is 4.00. The molecule has 0 saturated carbocycles. The molecule has 11 heavy (non-hydrogen) atoms. The zero-order valence-electron chi connectivity index (χ0n) is 6.20. The van der Waals surface area contributed by atoms with Crippen LogP contribution in [0.2, 0.25) is 0 Å². The highest BCUT2D eigenvalue weighted by Gasteiger charge is 2.25. The monoisotopic (exact) mass is 167 g/mol. The fourth-order valence-electron chi connectivity index (χ4n) is 1.24. The Bertz CT molecular complexity index is 277. The van der Waals surface area contributed by atoms with E-state index in [0.717, 1.165) is 10.6 Å². The van der Waals surface area contributed by atoms with E-state index in [1.165, 1.54) is 0 Å². The maximum Gasteiger partial charge on any atom is 0.146 e. The van der Waals surface area contributed by atoms with Crippen LogP contribution in [0, 0.1) is 5.21 Å². The Hall–Kier alpha value is -0.510. The van der Waals surface area contributed by atoms with E-state index >= 15 is 0 Å². The molecule has 2 atom stereocenters. The molecule has 2 unspecified atom stereocenters. The van der Waals surface area contributed by atoms with E-state index in [0.29, 0.717) is 0 Å². The Balaban J connectivity index is 2.47. The van der Waals surface area contributed by atoms with Crippen LogP contribution in [0.3, 0.4) is 0 Å². The Morgan fingerprint density at radius 1 is 1.45 bits per heavy atom. The van der Waals surface area contributed by atoms with Crippen LogP contribution in [-0.4, -0.2) is 5.37 Å². The third kappa shape index (κ3) is 1.05. The molecule has 2 nitrogen and oxygen atoms in total. The number of hydrogen-bond acceptors (Lipinski definition) is 2. The van der Waals surface area contributed by atoms with Crippen molar-refractivity contribution < 1.29 is 5.06 Å². The lowest BCUT2D eigenvalue weighted by Crippen LogP contribution is -3.03. The van der Waals surface area contributed by atoms with Gasteiger partial charge in [-0.25, -0.2) is 0 Å². The van der Waals surface area contributed by atoms with E-state index in [1.807, 2.05) is 31.2 Å². The van der Waals surface area contributed by atoms with Crippen molar-refractivity contribution in [2.45, 2.75) is 17.2 Å². The molecule has 1 N–H and O–H groups in total. The van der Waals surface area contributed by atoms with Gasteiger partial charge in [-0.05, 0) is 13.0 Å². The highest BCUT2D eigenvalue weighted by molar-refractivity contribution is 8.00. The first-order chi connectivity index (χ1) is 5.29. The maximum absolute atomic E-state index is 11.4. The average molecular weight is 167 g/mol. The molecule has 0 fully saturated rings. The minimum Gasteiger partial charge on any atom is -0.628 e. The lowest BCUT2D eigenvalue weighted by molar-refractivity contribution is -0.784. The van der Waals surface area contributed by atoms with Crippen LogP contribution in [0.4, 0.5) is 5.69 Å². The van der Waals surface area contributed by atoms with Gasteiger partial charge in [-0.1, -0.05) is 23.9 Å². The number of benzene rings is 1. The smallest absolute Gasteiger partial charge is 0.146 e. The summed E-state index contributed by atoms with van der Waals surface area (Å²) in [5.74, 6) is 0. The Kier molecular flexibility index (Phi) is 1.64. The molecule has 58 valence electrons. The quantitative estimate of drug-likeness (QED) is 0.587. The maximum atomic E-state index is 11.4. The molecular weight excluding hydrogens is 158 g/mol. The molecule has 0 saturated heterocycles. The van der Waals surface area contributed by atoms with Crippen LogP contribution >= 0.6 is 11.8 Å². The van der Waals surface area contributed by atoms with E-state index < -0.39 is 0 Å². The van der Waals surface area contributed by atoms with Crippen molar-refractivity contribution in [2.24, 2.45) is 0 Å². The van der Waals surface area contributed by atoms with Crippen LogP contribution < -0.4 is 5.06 Å². The molecular formula is C8H9NOS. The number of para-hydroxylation sites is 1. The molecule has 1 aliphatic rings. The normalized spacial score (nSPS) is 28.5. The van der Waals surface area contributed by atoms with Crippen LogP contribution in [-0.2, 0) is 0 Å². The van der Waals surface area contributed by atoms with Crippen LogP contribution in [0.15, 0.2) is 29.2 Å². The Morgan fingerprint density at radius 3 is 2.91 bits per heavy atom. The van der Waals surface area contributed by atoms with Gasteiger partial charge in [0.1, 0.15) is 11.1 Å². The minimum atomic E-state index is 0.118. The van der Waals surface area contributed by atoms with Gasteiger partial charge in [-0.3, -0.25) is 0 Å². The molecule has 2 rings (SSSR count). The van der Waals surface area contributed by atoms with Crippen molar-refractivity contribution in [1.29, 1.82) is 0 Å². The first kappa shape index (κ1) is 7.16.